The Kier molecular flexibility index (Phi) is 4.53. The largest absolute Gasteiger partial charge is 0.348 e. The quantitative estimate of drug-likeness (QED) is 0.854. The molecular formula is C15H20N4O. The van der Waals surface area contributed by atoms with Crippen molar-refractivity contribution >= 4 is 5.91 Å². The minimum absolute atomic E-state index is 0.0792. The molecule has 0 saturated heterocycles. The second kappa shape index (κ2) is 6.34. The van der Waals surface area contributed by atoms with Crippen molar-refractivity contribution in [3.05, 3.63) is 53.3 Å². The second-order valence-electron chi connectivity index (χ2n) is 4.86. The second-order valence-corrected chi connectivity index (χ2v) is 4.86. The molecule has 3 N–H and O–H groups in total. The molecule has 0 bridgehead atoms. The number of nitrogens with two attached hydrogens (primary N) is 1. The maximum absolute atomic E-state index is 12.2. The zero-order valence-corrected chi connectivity index (χ0v) is 11.8. The van der Waals surface area contributed by atoms with Gasteiger partial charge in [0.15, 0.2) is 0 Å². The zero-order chi connectivity index (χ0) is 14.5. The molecule has 2 aromatic rings. The Morgan fingerprint density at radius 3 is 2.65 bits per heavy atom. The lowest BCUT2D eigenvalue weighted by Crippen LogP contribution is -2.41. The minimum atomic E-state index is -0.123. The number of hydrogen-bond acceptors (Lipinski definition) is 3. The van der Waals surface area contributed by atoms with E-state index < -0.39 is 0 Å². The van der Waals surface area contributed by atoms with Gasteiger partial charge in [0.2, 0.25) is 0 Å². The van der Waals surface area contributed by atoms with Crippen molar-refractivity contribution in [1.82, 2.24) is 15.1 Å². The first kappa shape index (κ1) is 14.3. The van der Waals surface area contributed by atoms with Crippen molar-refractivity contribution in [3.63, 3.8) is 0 Å². The van der Waals surface area contributed by atoms with Crippen LogP contribution in [-0.2, 0) is 13.5 Å². The standard InChI is InChI=1S/C15H20N4O/c1-11-14(10-17-19(11)2)15(20)18-13(9-16)8-12-6-4-3-5-7-12/h3-7,10,13H,8-9,16H2,1-2H3,(H,18,20). The van der Waals surface area contributed by atoms with E-state index in [2.05, 4.69) is 10.4 Å². The summed E-state index contributed by atoms with van der Waals surface area (Å²) in [6.07, 6.45) is 2.31. The van der Waals surface area contributed by atoms with Gasteiger partial charge in [-0.05, 0) is 18.9 Å². The van der Waals surface area contributed by atoms with Crippen LogP contribution < -0.4 is 11.1 Å². The number of aromatic nitrogens is 2. The molecule has 0 spiro atoms. The molecular weight excluding hydrogens is 252 g/mol. The van der Waals surface area contributed by atoms with Gasteiger partial charge < -0.3 is 11.1 Å². The van der Waals surface area contributed by atoms with Gasteiger partial charge in [-0.2, -0.15) is 5.10 Å². The number of benzene rings is 1. The summed E-state index contributed by atoms with van der Waals surface area (Å²) in [4.78, 5) is 12.2. The molecule has 20 heavy (non-hydrogen) atoms. The predicted octanol–water partition coefficient (Wildman–Crippen LogP) is 1.03. The van der Waals surface area contributed by atoms with Gasteiger partial charge in [0, 0.05) is 25.3 Å². The SMILES string of the molecule is Cc1c(C(=O)NC(CN)Cc2ccccc2)cnn1C. The highest BCUT2D eigenvalue weighted by Gasteiger charge is 2.16. The average Bonchev–Trinajstić information content (AvgIpc) is 2.79. The Morgan fingerprint density at radius 2 is 2.10 bits per heavy atom. The molecule has 0 aliphatic rings. The summed E-state index contributed by atoms with van der Waals surface area (Å²) < 4.78 is 1.68. The molecule has 0 aliphatic heterocycles. The van der Waals surface area contributed by atoms with Crippen LogP contribution in [0.3, 0.4) is 0 Å². The molecule has 1 aromatic carbocycles. The molecule has 1 heterocycles. The number of nitrogens with zero attached hydrogens (tertiary/aromatic N) is 2. The van der Waals surface area contributed by atoms with Crippen LogP contribution in [0.5, 0.6) is 0 Å². The molecule has 0 aliphatic carbocycles. The van der Waals surface area contributed by atoms with Crippen LogP contribution in [0.4, 0.5) is 0 Å². The van der Waals surface area contributed by atoms with E-state index in [1.54, 1.807) is 10.9 Å². The Morgan fingerprint density at radius 1 is 1.40 bits per heavy atom. The predicted molar refractivity (Wildman–Crippen MR) is 78.4 cm³/mol. The van der Waals surface area contributed by atoms with Gasteiger partial charge in [-0.3, -0.25) is 9.48 Å². The monoisotopic (exact) mass is 272 g/mol. The third kappa shape index (κ3) is 3.24. The maximum Gasteiger partial charge on any atom is 0.255 e. The van der Waals surface area contributed by atoms with E-state index in [9.17, 15) is 4.79 Å². The number of hydrogen-bond donors (Lipinski definition) is 2. The lowest BCUT2D eigenvalue weighted by molar-refractivity contribution is 0.0937. The van der Waals surface area contributed by atoms with Gasteiger partial charge in [-0.1, -0.05) is 30.3 Å². The fourth-order valence-electron chi connectivity index (χ4n) is 2.08. The van der Waals surface area contributed by atoms with Gasteiger partial charge in [-0.15, -0.1) is 0 Å². The summed E-state index contributed by atoms with van der Waals surface area (Å²) in [5, 5.41) is 7.05. The van der Waals surface area contributed by atoms with Crippen LogP contribution in [0, 0.1) is 6.92 Å². The smallest absolute Gasteiger partial charge is 0.255 e. The normalized spacial score (nSPS) is 12.2. The van der Waals surface area contributed by atoms with Crippen molar-refractivity contribution in [2.45, 2.75) is 19.4 Å². The van der Waals surface area contributed by atoms with Crippen LogP contribution in [0.25, 0.3) is 0 Å². The molecule has 2 rings (SSSR count). The first-order chi connectivity index (χ1) is 9.61. The number of carbonyl (C=O) groups excluding carboxylic acids is 1. The Labute approximate surface area is 118 Å². The van der Waals surface area contributed by atoms with Crippen LogP contribution in [0.1, 0.15) is 21.6 Å². The average molecular weight is 272 g/mol. The van der Waals surface area contributed by atoms with Crippen molar-refractivity contribution in [2.75, 3.05) is 6.54 Å². The van der Waals surface area contributed by atoms with E-state index in [0.29, 0.717) is 12.1 Å². The van der Waals surface area contributed by atoms with Gasteiger partial charge in [0.05, 0.1) is 11.8 Å². The number of carbonyl (C=O) groups is 1. The molecule has 1 atom stereocenters. The van der Waals surface area contributed by atoms with E-state index in [1.807, 2.05) is 44.3 Å². The third-order valence-corrected chi connectivity index (χ3v) is 3.42. The van der Waals surface area contributed by atoms with Crippen LogP contribution in [-0.4, -0.2) is 28.3 Å². The number of amides is 1. The zero-order valence-electron chi connectivity index (χ0n) is 11.8. The topological polar surface area (TPSA) is 72.9 Å². The number of rotatable bonds is 5. The first-order valence-corrected chi connectivity index (χ1v) is 6.65. The van der Waals surface area contributed by atoms with Crippen LogP contribution in [0.15, 0.2) is 36.5 Å². The van der Waals surface area contributed by atoms with E-state index in [0.717, 1.165) is 17.7 Å². The molecule has 106 valence electrons. The molecule has 5 nitrogen and oxygen atoms in total. The fourth-order valence-corrected chi connectivity index (χ4v) is 2.08. The van der Waals surface area contributed by atoms with Crippen molar-refractivity contribution in [3.8, 4) is 0 Å². The van der Waals surface area contributed by atoms with Crippen LogP contribution >= 0.6 is 0 Å². The summed E-state index contributed by atoms with van der Waals surface area (Å²) in [5.74, 6) is -0.123. The molecule has 5 heteroatoms. The third-order valence-electron chi connectivity index (χ3n) is 3.42. The first-order valence-electron chi connectivity index (χ1n) is 6.65. The summed E-state index contributed by atoms with van der Waals surface area (Å²) in [6.45, 7) is 2.27. The fraction of sp³-hybridized carbons (Fsp3) is 0.333. The van der Waals surface area contributed by atoms with E-state index in [4.69, 9.17) is 5.73 Å². The maximum atomic E-state index is 12.2. The Hall–Kier alpha value is -2.14. The molecule has 1 aromatic heterocycles. The van der Waals surface area contributed by atoms with E-state index >= 15 is 0 Å². The van der Waals surface area contributed by atoms with Gasteiger partial charge in [0.25, 0.3) is 5.91 Å². The van der Waals surface area contributed by atoms with Gasteiger partial charge in [0.1, 0.15) is 0 Å². The minimum Gasteiger partial charge on any atom is -0.348 e. The van der Waals surface area contributed by atoms with Gasteiger partial charge >= 0.3 is 0 Å². The highest BCUT2D eigenvalue weighted by atomic mass is 16.1. The summed E-state index contributed by atoms with van der Waals surface area (Å²) >= 11 is 0. The highest BCUT2D eigenvalue weighted by molar-refractivity contribution is 5.95. The molecule has 0 fully saturated rings. The van der Waals surface area contributed by atoms with Gasteiger partial charge in [-0.25, -0.2) is 0 Å². The van der Waals surface area contributed by atoms with Crippen molar-refractivity contribution < 1.29 is 4.79 Å². The lowest BCUT2D eigenvalue weighted by Gasteiger charge is -2.16. The lowest BCUT2D eigenvalue weighted by atomic mass is 10.1. The highest BCUT2D eigenvalue weighted by Crippen LogP contribution is 2.07. The molecule has 0 saturated carbocycles. The Bertz CT molecular complexity index is 577. The van der Waals surface area contributed by atoms with E-state index in [-0.39, 0.29) is 11.9 Å². The summed E-state index contributed by atoms with van der Waals surface area (Å²) in [6, 6.07) is 9.92. The van der Waals surface area contributed by atoms with Crippen molar-refractivity contribution in [1.29, 1.82) is 0 Å². The summed E-state index contributed by atoms with van der Waals surface area (Å²) in [5.41, 5.74) is 8.35. The molecule has 1 amide bonds. The number of aryl methyl sites for hydroxylation is 1. The Balaban J connectivity index is 2.03. The summed E-state index contributed by atoms with van der Waals surface area (Å²) in [7, 11) is 1.82. The van der Waals surface area contributed by atoms with Crippen LogP contribution in [0.2, 0.25) is 0 Å². The van der Waals surface area contributed by atoms with Crippen molar-refractivity contribution in [2.24, 2.45) is 12.8 Å². The number of nitrogens with one attached hydrogen (secondary N) is 1. The molecule has 0 radical (unpaired) electrons. The molecule has 1 unspecified atom stereocenters. The van der Waals surface area contributed by atoms with E-state index in [1.165, 1.54) is 0 Å².